The van der Waals surface area contributed by atoms with E-state index in [2.05, 4.69) is 143 Å². The molecule has 3 heteroatoms. The van der Waals surface area contributed by atoms with Crippen LogP contribution in [0, 0.1) is 27.7 Å². The van der Waals surface area contributed by atoms with E-state index in [1.807, 2.05) is 65.1 Å². The molecular formula is C46H38OS2. The fourth-order valence-electron chi connectivity index (χ4n) is 6.10. The molecule has 0 spiro atoms. The van der Waals surface area contributed by atoms with E-state index >= 15 is 0 Å². The lowest BCUT2D eigenvalue weighted by molar-refractivity contribution is 0.669. The molecule has 0 unspecified atom stereocenters. The van der Waals surface area contributed by atoms with Crippen molar-refractivity contribution in [3.63, 3.8) is 0 Å². The number of aryl methyl sites for hydroxylation is 4. The second-order valence-electron chi connectivity index (χ2n) is 12.4. The van der Waals surface area contributed by atoms with Crippen molar-refractivity contribution in [2.75, 3.05) is 0 Å². The van der Waals surface area contributed by atoms with Gasteiger partial charge in [-0.25, -0.2) is 0 Å². The molecule has 0 bridgehead atoms. The summed E-state index contributed by atoms with van der Waals surface area (Å²) in [5.74, 6) is 0. The summed E-state index contributed by atoms with van der Waals surface area (Å²) in [6.45, 7) is 8.50. The third kappa shape index (κ3) is 7.15. The van der Waals surface area contributed by atoms with Gasteiger partial charge in [-0.1, -0.05) is 132 Å². The first kappa shape index (κ1) is 32.3. The van der Waals surface area contributed by atoms with Crippen LogP contribution in [0.1, 0.15) is 22.3 Å². The van der Waals surface area contributed by atoms with E-state index in [0.717, 1.165) is 11.2 Å². The number of benzene rings is 7. The highest BCUT2D eigenvalue weighted by molar-refractivity contribution is 7.26. The summed E-state index contributed by atoms with van der Waals surface area (Å²) < 4.78 is 11.3. The monoisotopic (exact) mass is 670 g/mol. The number of hydrogen-bond acceptors (Lipinski definition) is 3. The lowest BCUT2D eigenvalue weighted by atomic mass is 10.1. The van der Waals surface area contributed by atoms with E-state index < -0.39 is 0 Å². The first-order valence-electron chi connectivity index (χ1n) is 16.6. The van der Waals surface area contributed by atoms with Crippen LogP contribution in [-0.2, 0) is 0 Å². The summed E-state index contributed by atoms with van der Waals surface area (Å²) in [7, 11) is 0. The number of hydrogen-bond donors (Lipinski definition) is 0. The number of rotatable bonds is 0. The van der Waals surface area contributed by atoms with Crippen LogP contribution in [-0.4, -0.2) is 0 Å². The molecule has 0 saturated carbocycles. The van der Waals surface area contributed by atoms with Crippen molar-refractivity contribution in [2.24, 2.45) is 0 Å². The van der Waals surface area contributed by atoms with Crippen LogP contribution in [0.4, 0.5) is 0 Å². The van der Waals surface area contributed by atoms with Crippen molar-refractivity contribution in [1.29, 1.82) is 0 Å². The first-order chi connectivity index (χ1) is 23.9. The molecule has 0 saturated heterocycles. The zero-order valence-corrected chi connectivity index (χ0v) is 29.9. The Bertz CT molecular complexity index is 2530. The lowest BCUT2D eigenvalue weighted by Crippen LogP contribution is -1.69. The van der Waals surface area contributed by atoms with Crippen LogP contribution in [0.25, 0.3) is 62.3 Å². The van der Waals surface area contributed by atoms with Crippen molar-refractivity contribution in [1.82, 2.24) is 0 Å². The second-order valence-corrected chi connectivity index (χ2v) is 14.5. The van der Waals surface area contributed by atoms with Gasteiger partial charge in [-0.3, -0.25) is 0 Å². The summed E-state index contributed by atoms with van der Waals surface area (Å²) in [6, 6.07) is 55.1. The average Bonchev–Trinajstić information content (AvgIpc) is 3.81. The predicted octanol–water partition coefficient (Wildman–Crippen LogP) is 14.6. The zero-order chi connectivity index (χ0) is 33.7. The summed E-state index contributed by atoms with van der Waals surface area (Å²) in [5, 5.41) is 7.97. The van der Waals surface area contributed by atoms with Crippen LogP contribution in [0.3, 0.4) is 0 Å². The van der Waals surface area contributed by atoms with Crippen molar-refractivity contribution in [3.8, 4) is 0 Å². The van der Waals surface area contributed by atoms with Crippen molar-refractivity contribution in [3.05, 3.63) is 180 Å². The third-order valence-corrected chi connectivity index (χ3v) is 11.1. The molecule has 0 N–H and O–H groups in total. The minimum absolute atomic E-state index is 0.966. The number of para-hydroxylation sites is 1. The zero-order valence-electron chi connectivity index (χ0n) is 28.2. The first-order valence-corrected chi connectivity index (χ1v) is 18.2. The van der Waals surface area contributed by atoms with Gasteiger partial charge in [-0.2, -0.15) is 0 Å². The molecule has 1 nitrogen and oxygen atoms in total. The molecule has 3 heterocycles. The molecule has 0 fully saturated rings. The second kappa shape index (κ2) is 14.5. The Kier molecular flexibility index (Phi) is 9.56. The molecule has 0 atom stereocenters. The highest BCUT2D eigenvalue weighted by atomic mass is 32.1. The predicted molar refractivity (Wildman–Crippen MR) is 218 cm³/mol. The molecule has 10 rings (SSSR count). The van der Waals surface area contributed by atoms with Gasteiger partial charge in [0.15, 0.2) is 0 Å². The van der Waals surface area contributed by atoms with Gasteiger partial charge >= 0.3 is 0 Å². The van der Waals surface area contributed by atoms with Gasteiger partial charge in [0.2, 0.25) is 0 Å². The minimum Gasteiger partial charge on any atom is -0.456 e. The van der Waals surface area contributed by atoms with Crippen molar-refractivity contribution in [2.45, 2.75) is 27.7 Å². The maximum atomic E-state index is 5.71. The largest absolute Gasteiger partial charge is 0.456 e. The van der Waals surface area contributed by atoms with Gasteiger partial charge in [-0.05, 0) is 75.7 Å². The van der Waals surface area contributed by atoms with Gasteiger partial charge < -0.3 is 4.42 Å². The van der Waals surface area contributed by atoms with Crippen molar-refractivity contribution >= 4 is 85.0 Å². The quantitative estimate of drug-likeness (QED) is 0.156. The van der Waals surface area contributed by atoms with Gasteiger partial charge in [-0.15, -0.1) is 22.7 Å². The van der Waals surface area contributed by atoms with Crippen molar-refractivity contribution < 1.29 is 4.42 Å². The van der Waals surface area contributed by atoms with Gasteiger partial charge in [0.25, 0.3) is 0 Å². The van der Waals surface area contributed by atoms with Gasteiger partial charge in [0.1, 0.15) is 11.2 Å². The van der Waals surface area contributed by atoms with E-state index in [4.69, 9.17) is 4.42 Å². The highest BCUT2D eigenvalue weighted by Gasteiger charge is 2.06. The van der Waals surface area contributed by atoms with E-state index in [-0.39, 0.29) is 0 Å². The van der Waals surface area contributed by atoms with Crippen LogP contribution in [0.2, 0.25) is 0 Å². The minimum atomic E-state index is 0.966. The number of fused-ring (bicyclic) bond motifs is 9. The Hall–Kier alpha value is -5.22. The molecule has 7 aromatic carbocycles. The molecule has 0 aliphatic carbocycles. The lowest BCUT2D eigenvalue weighted by Gasteiger charge is -1.93. The molecule has 10 aromatic rings. The molecule has 240 valence electrons. The fourth-order valence-corrected chi connectivity index (χ4v) is 8.36. The number of furan rings is 1. The topological polar surface area (TPSA) is 13.1 Å². The smallest absolute Gasteiger partial charge is 0.135 e. The third-order valence-electron chi connectivity index (χ3n) is 8.61. The van der Waals surface area contributed by atoms with E-state index in [1.165, 1.54) is 73.4 Å². The van der Waals surface area contributed by atoms with Crippen LogP contribution in [0.5, 0.6) is 0 Å². The molecule has 49 heavy (non-hydrogen) atoms. The Morgan fingerprint density at radius 2 is 0.878 bits per heavy atom. The van der Waals surface area contributed by atoms with Crippen LogP contribution in [0.15, 0.2) is 162 Å². The Labute approximate surface area is 295 Å². The number of thiophene rings is 2. The average molecular weight is 671 g/mol. The maximum Gasteiger partial charge on any atom is 0.135 e. The van der Waals surface area contributed by atoms with E-state index in [0.29, 0.717) is 0 Å². The molecule has 0 aliphatic heterocycles. The SMILES string of the molecule is Cc1ccc2oc3ccccc3c2c1.Cc1ccc2sc3ccccc3c2c1.Cc1cccc2c1sc1ccccc12.Cc1ccccc1. The van der Waals surface area contributed by atoms with Gasteiger partial charge in [0.05, 0.1) is 0 Å². The Morgan fingerprint density at radius 3 is 1.59 bits per heavy atom. The van der Waals surface area contributed by atoms with Crippen LogP contribution >= 0.6 is 22.7 Å². The Morgan fingerprint density at radius 1 is 0.347 bits per heavy atom. The fraction of sp³-hybridized carbons (Fsp3) is 0.0870. The molecule has 3 aromatic heterocycles. The van der Waals surface area contributed by atoms with Crippen LogP contribution < -0.4 is 0 Å². The van der Waals surface area contributed by atoms with E-state index in [9.17, 15) is 0 Å². The molecule has 0 amide bonds. The summed E-state index contributed by atoms with van der Waals surface area (Å²) >= 11 is 3.76. The van der Waals surface area contributed by atoms with Gasteiger partial charge in [0, 0.05) is 51.1 Å². The summed E-state index contributed by atoms with van der Waals surface area (Å²) in [4.78, 5) is 0. The molecular weight excluding hydrogens is 633 g/mol. The summed E-state index contributed by atoms with van der Waals surface area (Å²) in [6.07, 6.45) is 0. The highest BCUT2D eigenvalue weighted by Crippen LogP contribution is 2.36. The molecule has 0 radical (unpaired) electrons. The normalized spacial score (nSPS) is 10.9. The summed E-state index contributed by atoms with van der Waals surface area (Å²) in [5.41, 5.74) is 7.24. The Balaban J connectivity index is 0.000000106. The van der Waals surface area contributed by atoms with E-state index in [1.54, 1.807) is 0 Å². The molecule has 0 aliphatic rings. The maximum absolute atomic E-state index is 5.71. The standard InChI is InChI=1S/C13H10O.2C13H10S.C7H8/c1-9-6-7-13-11(8-9)10-4-2-3-5-12(10)14-13;1-9-5-4-7-11-10-6-2-3-8-12(10)14-13(9)11;1-9-6-7-13-11(8-9)10-4-2-3-5-12(10)14-13;1-7-5-3-2-4-6-7/h3*2-8H,1H3;2-6H,1H3.